The maximum absolute atomic E-state index is 13.1. The molecule has 0 unspecified atom stereocenters. The molecule has 34 heavy (non-hydrogen) atoms. The summed E-state index contributed by atoms with van der Waals surface area (Å²) in [5.74, 6) is -1.15. The van der Waals surface area contributed by atoms with E-state index in [2.05, 4.69) is 78.2 Å². The van der Waals surface area contributed by atoms with Gasteiger partial charge in [0.25, 0.3) is 0 Å². The fourth-order valence-corrected chi connectivity index (χ4v) is 3.80. The number of hydrogen-bond donors (Lipinski definition) is 2. The maximum Gasteiger partial charge on any atom is 0.232 e. The number of pyridine rings is 1. The van der Waals surface area contributed by atoms with Crippen molar-refractivity contribution in [2.45, 2.75) is 124 Å². The average molecular weight is 474 g/mol. The Kier molecular flexibility index (Phi) is 12.8. The molecule has 0 radical (unpaired) electrons. The van der Waals surface area contributed by atoms with Crippen LogP contribution in [0.3, 0.4) is 0 Å². The summed E-state index contributed by atoms with van der Waals surface area (Å²) >= 11 is 0. The van der Waals surface area contributed by atoms with Crippen molar-refractivity contribution in [1.82, 2.24) is 15.6 Å². The van der Waals surface area contributed by atoms with E-state index in [1.54, 1.807) is 0 Å². The molecule has 0 aliphatic rings. The summed E-state index contributed by atoms with van der Waals surface area (Å²) in [5, 5.41) is 6.03. The van der Waals surface area contributed by atoms with Crippen LogP contribution >= 0.6 is 0 Å². The van der Waals surface area contributed by atoms with Crippen molar-refractivity contribution in [2.24, 2.45) is 5.92 Å². The molecule has 0 aliphatic heterocycles. The highest BCUT2D eigenvalue weighted by molar-refractivity contribution is 6.00. The quantitative estimate of drug-likeness (QED) is 0.249. The molecule has 1 rings (SSSR count). The van der Waals surface area contributed by atoms with Gasteiger partial charge in [-0.1, -0.05) is 93.9 Å². The lowest BCUT2D eigenvalue weighted by atomic mass is 9.82. The zero-order chi connectivity index (χ0) is 25.8. The van der Waals surface area contributed by atoms with Crippen molar-refractivity contribution < 1.29 is 9.59 Å². The molecule has 0 atom stereocenters. The molecular formula is C29H51N3O2. The molecule has 1 aromatic heterocycles. The van der Waals surface area contributed by atoms with E-state index in [1.807, 2.05) is 0 Å². The van der Waals surface area contributed by atoms with Gasteiger partial charge in [0, 0.05) is 36.3 Å². The second-order valence-electron chi connectivity index (χ2n) is 11.7. The van der Waals surface area contributed by atoms with Gasteiger partial charge in [-0.15, -0.1) is 0 Å². The van der Waals surface area contributed by atoms with Crippen LogP contribution in [0.15, 0.2) is 12.1 Å². The number of aromatic nitrogens is 1. The number of unbranched alkanes of at least 4 members (excludes halogenated alkanes) is 6. The molecule has 0 fully saturated rings. The molecule has 2 amide bonds. The molecule has 2 N–H and O–H groups in total. The van der Waals surface area contributed by atoms with Crippen LogP contribution in [0.1, 0.15) is 124 Å². The van der Waals surface area contributed by atoms with E-state index in [1.165, 1.54) is 5.56 Å². The van der Waals surface area contributed by atoms with E-state index >= 15 is 0 Å². The number of carbonyl (C=O) groups excluding carboxylic acids is 2. The molecule has 1 heterocycles. The maximum atomic E-state index is 13.1. The molecule has 1 aromatic rings. The Morgan fingerprint density at radius 1 is 0.765 bits per heavy atom. The minimum absolute atomic E-state index is 0.0454. The fraction of sp³-hybridized carbons (Fsp3) is 0.759. The molecule has 0 spiro atoms. The lowest BCUT2D eigenvalue weighted by molar-refractivity contribution is -0.135. The van der Waals surface area contributed by atoms with E-state index in [4.69, 9.17) is 4.98 Å². The summed E-state index contributed by atoms with van der Waals surface area (Å²) in [6, 6.07) is 4.24. The van der Waals surface area contributed by atoms with Crippen LogP contribution in [0.4, 0.5) is 0 Å². The van der Waals surface area contributed by atoms with Gasteiger partial charge < -0.3 is 10.6 Å². The predicted molar refractivity (Wildman–Crippen MR) is 143 cm³/mol. The van der Waals surface area contributed by atoms with Crippen molar-refractivity contribution in [1.29, 1.82) is 0 Å². The van der Waals surface area contributed by atoms with E-state index in [0.717, 1.165) is 62.8 Å². The van der Waals surface area contributed by atoms with E-state index in [-0.39, 0.29) is 22.6 Å². The van der Waals surface area contributed by atoms with Crippen LogP contribution in [-0.2, 0) is 26.8 Å². The van der Waals surface area contributed by atoms with Gasteiger partial charge in [-0.2, -0.15) is 0 Å². The molecule has 5 nitrogen and oxygen atoms in total. The van der Waals surface area contributed by atoms with Gasteiger partial charge in [0.05, 0.1) is 0 Å². The van der Waals surface area contributed by atoms with Crippen molar-refractivity contribution in [3.63, 3.8) is 0 Å². The summed E-state index contributed by atoms with van der Waals surface area (Å²) in [5.41, 5.74) is 2.82. The first-order chi connectivity index (χ1) is 15.9. The lowest BCUT2D eigenvalue weighted by Crippen LogP contribution is -2.43. The van der Waals surface area contributed by atoms with Crippen molar-refractivity contribution in [3.05, 3.63) is 29.1 Å². The minimum Gasteiger partial charge on any atom is -0.355 e. The molecule has 0 saturated carbocycles. The van der Waals surface area contributed by atoms with Crippen LogP contribution in [0.25, 0.3) is 0 Å². The van der Waals surface area contributed by atoms with Crippen LogP contribution in [-0.4, -0.2) is 29.9 Å². The van der Waals surface area contributed by atoms with Gasteiger partial charge in [-0.25, -0.2) is 0 Å². The minimum atomic E-state index is -0.770. The highest BCUT2D eigenvalue weighted by Gasteiger charge is 2.29. The number of rotatable bonds is 14. The third-order valence-electron chi connectivity index (χ3n) is 6.22. The molecule has 0 aliphatic carbocycles. The smallest absolute Gasteiger partial charge is 0.232 e. The Morgan fingerprint density at radius 3 is 1.68 bits per heavy atom. The molecule has 5 heteroatoms. The van der Waals surface area contributed by atoms with Gasteiger partial charge in [0.1, 0.15) is 5.92 Å². The van der Waals surface area contributed by atoms with E-state index in [9.17, 15) is 9.59 Å². The standard InChI is InChI=1S/C29H51N3O2/c1-9-11-13-15-17-30-26(33)24(27(34)31-18-16-14-12-10-2)21-23-19-22(28(3,4)5)20-25(32-23)29(6,7)8/h19-20,24H,9-18,21H2,1-8H3,(H,30,33)(H,31,34). The van der Waals surface area contributed by atoms with Crippen molar-refractivity contribution >= 4 is 11.8 Å². The lowest BCUT2D eigenvalue weighted by Gasteiger charge is -2.26. The Labute approximate surface area is 209 Å². The highest BCUT2D eigenvalue weighted by Crippen LogP contribution is 2.29. The molecule has 0 aromatic carbocycles. The predicted octanol–water partition coefficient (Wildman–Crippen LogP) is 6.23. The van der Waals surface area contributed by atoms with Crippen molar-refractivity contribution in [3.8, 4) is 0 Å². The van der Waals surface area contributed by atoms with Gasteiger partial charge in [0.15, 0.2) is 0 Å². The van der Waals surface area contributed by atoms with Gasteiger partial charge in [-0.05, 0) is 36.0 Å². The van der Waals surface area contributed by atoms with Gasteiger partial charge in [-0.3, -0.25) is 14.6 Å². The van der Waals surface area contributed by atoms with Crippen LogP contribution < -0.4 is 10.6 Å². The summed E-state index contributed by atoms with van der Waals surface area (Å²) < 4.78 is 0. The van der Waals surface area contributed by atoms with Gasteiger partial charge >= 0.3 is 0 Å². The first-order valence-electron chi connectivity index (χ1n) is 13.5. The highest BCUT2D eigenvalue weighted by atomic mass is 16.2. The van der Waals surface area contributed by atoms with Crippen LogP contribution in [0.5, 0.6) is 0 Å². The summed E-state index contributed by atoms with van der Waals surface area (Å²) in [6.45, 7) is 18.6. The molecular weight excluding hydrogens is 422 g/mol. The topological polar surface area (TPSA) is 71.1 Å². The normalized spacial score (nSPS) is 12.1. The van der Waals surface area contributed by atoms with E-state index < -0.39 is 5.92 Å². The third kappa shape index (κ3) is 11.0. The second kappa shape index (κ2) is 14.5. The average Bonchev–Trinajstić information content (AvgIpc) is 2.75. The number of nitrogens with zero attached hydrogens (tertiary/aromatic N) is 1. The zero-order valence-corrected chi connectivity index (χ0v) is 23.3. The Bertz CT molecular complexity index is 701. The van der Waals surface area contributed by atoms with E-state index in [0.29, 0.717) is 19.5 Å². The third-order valence-corrected chi connectivity index (χ3v) is 6.22. The summed E-state index contributed by atoms with van der Waals surface area (Å²) in [4.78, 5) is 31.1. The summed E-state index contributed by atoms with van der Waals surface area (Å²) in [7, 11) is 0. The first-order valence-corrected chi connectivity index (χ1v) is 13.5. The first kappa shape index (κ1) is 30.1. The van der Waals surface area contributed by atoms with Crippen molar-refractivity contribution in [2.75, 3.05) is 13.1 Å². The number of carbonyl (C=O) groups is 2. The SMILES string of the molecule is CCCCCCNC(=O)C(Cc1cc(C(C)(C)C)cc(C(C)(C)C)n1)C(=O)NCCCCCC. The number of hydrogen-bond acceptors (Lipinski definition) is 3. The monoisotopic (exact) mass is 473 g/mol. The number of nitrogens with one attached hydrogen (secondary N) is 2. The zero-order valence-electron chi connectivity index (χ0n) is 23.3. The Balaban J connectivity index is 3.09. The molecule has 0 saturated heterocycles. The Morgan fingerprint density at radius 2 is 1.26 bits per heavy atom. The number of amides is 2. The molecule has 0 bridgehead atoms. The summed E-state index contributed by atoms with van der Waals surface area (Å²) in [6.07, 6.45) is 9.02. The molecule has 194 valence electrons. The van der Waals surface area contributed by atoms with Crippen LogP contribution in [0.2, 0.25) is 0 Å². The van der Waals surface area contributed by atoms with Crippen LogP contribution in [0, 0.1) is 5.92 Å². The largest absolute Gasteiger partial charge is 0.355 e. The fourth-order valence-electron chi connectivity index (χ4n) is 3.80. The Hall–Kier alpha value is -1.91. The van der Waals surface area contributed by atoms with Gasteiger partial charge in [0.2, 0.25) is 11.8 Å². The second-order valence-corrected chi connectivity index (χ2v) is 11.7.